The summed E-state index contributed by atoms with van der Waals surface area (Å²) in [7, 11) is 0. The highest BCUT2D eigenvalue weighted by Gasteiger charge is 2.46. The first-order valence-corrected chi connectivity index (χ1v) is 8.46. The first-order chi connectivity index (χ1) is 10.0. The lowest BCUT2D eigenvalue weighted by Gasteiger charge is -2.47. The van der Waals surface area contributed by atoms with Crippen LogP contribution in [0.3, 0.4) is 0 Å². The van der Waals surface area contributed by atoms with Gasteiger partial charge in [-0.2, -0.15) is 0 Å². The second kappa shape index (κ2) is 7.06. The zero-order valence-corrected chi connectivity index (χ0v) is 13.8. The summed E-state index contributed by atoms with van der Waals surface area (Å²) in [5, 5.41) is 0. The average molecular weight is 294 g/mol. The summed E-state index contributed by atoms with van der Waals surface area (Å²) in [4.78, 5) is 12.6. The summed E-state index contributed by atoms with van der Waals surface area (Å²) in [6.07, 6.45) is 11.9. The van der Waals surface area contributed by atoms with E-state index in [4.69, 9.17) is 9.47 Å². The lowest BCUT2D eigenvalue weighted by Crippen LogP contribution is -2.52. The molecule has 120 valence electrons. The van der Waals surface area contributed by atoms with Crippen LogP contribution >= 0.6 is 0 Å². The van der Waals surface area contributed by atoms with Crippen LogP contribution in [0.15, 0.2) is 12.2 Å². The van der Waals surface area contributed by atoms with Crippen molar-refractivity contribution >= 4 is 5.78 Å². The van der Waals surface area contributed by atoms with E-state index < -0.39 is 11.2 Å². The van der Waals surface area contributed by atoms with Crippen LogP contribution < -0.4 is 0 Å². The van der Waals surface area contributed by atoms with Gasteiger partial charge in [0, 0.05) is 24.7 Å². The molecular weight excluding hydrogens is 264 g/mol. The molecule has 0 bridgehead atoms. The molecular formula is C18H30O3. The summed E-state index contributed by atoms with van der Waals surface area (Å²) >= 11 is 0. The van der Waals surface area contributed by atoms with Crippen molar-refractivity contribution in [3.8, 4) is 0 Å². The minimum absolute atomic E-state index is 0.0116. The summed E-state index contributed by atoms with van der Waals surface area (Å²) < 4.78 is 12.3. The van der Waals surface area contributed by atoms with Crippen LogP contribution in [0.2, 0.25) is 0 Å². The molecule has 21 heavy (non-hydrogen) atoms. The molecule has 1 heterocycles. The van der Waals surface area contributed by atoms with Crippen LogP contribution in [-0.2, 0) is 14.3 Å². The Morgan fingerprint density at radius 3 is 2.67 bits per heavy atom. The maximum Gasteiger partial charge on any atom is 0.168 e. The number of Topliss-reactive ketones (excluding diaryl/α,β-unsaturated/α-hetero) is 1. The second-order valence-corrected chi connectivity index (χ2v) is 6.97. The van der Waals surface area contributed by atoms with E-state index in [9.17, 15) is 4.79 Å². The first-order valence-electron chi connectivity index (χ1n) is 8.46. The van der Waals surface area contributed by atoms with E-state index in [1.165, 1.54) is 19.3 Å². The molecule has 1 saturated heterocycles. The molecule has 1 unspecified atom stereocenters. The number of carbonyl (C=O) groups is 1. The fraction of sp³-hybridized carbons (Fsp3) is 0.833. The number of ether oxygens (including phenoxy) is 2. The quantitative estimate of drug-likeness (QED) is 0.705. The Morgan fingerprint density at radius 1 is 1.29 bits per heavy atom. The van der Waals surface area contributed by atoms with E-state index in [-0.39, 0.29) is 6.10 Å². The van der Waals surface area contributed by atoms with Crippen LogP contribution in [0, 0.1) is 5.41 Å². The van der Waals surface area contributed by atoms with Gasteiger partial charge < -0.3 is 9.47 Å². The fourth-order valence-corrected chi connectivity index (χ4v) is 3.45. The maximum absolute atomic E-state index is 12.6. The molecule has 0 aromatic rings. The Kier molecular flexibility index (Phi) is 5.61. The van der Waals surface area contributed by atoms with Gasteiger partial charge in [0.2, 0.25) is 0 Å². The SMILES string of the molecule is C/C=C/CCC(=O)C(C)(C)C1CCOC2(CCCCC2)O1. The molecule has 0 aromatic carbocycles. The van der Waals surface area contributed by atoms with Crippen molar-refractivity contribution in [1.29, 1.82) is 0 Å². The molecule has 1 saturated carbocycles. The molecule has 1 atom stereocenters. The highest BCUT2D eigenvalue weighted by atomic mass is 16.7. The van der Waals surface area contributed by atoms with Crippen molar-refractivity contribution in [2.75, 3.05) is 6.61 Å². The monoisotopic (exact) mass is 294 g/mol. The minimum atomic E-state index is -0.421. The van der Waals surface area contributed by atoms with Gasteiger partial charge in [-0.05, 0) is 32.6 Å². The predicted octanol–water partition coefficient (Wildman–Crippen LogP) is 4.40. The van der Waals surface area contributed by atoms with Gasteiger partial charge in [0.25, 0.3) is 0 Å². The smallest absolute Gasteiger partial charge is 0.168 e. The number of hydrogen-bond acceptors (Lipinski definition) is 3. The number of hydrogen-bond donors (Lipinski definition) is 0. The molecule has 3 nitrogen and oxygen atoms in total. The molecule has 0 radical (unpaired) electrons. The van der Waals surface area contributed by atoms with E-state index >= 15 is 0 Å². The van der Waals surface area contributed by atoms with Crippen molar-refractivity contribution in [1.82, 2.24) is 0 Å². The van der Waals surface area contributed by atoms with Crippen molar-refractivity contribution in [3.05, 3.63) is 12.2 Å². The molecule has 1 spiro atoms. The largest absolute Gasteiger partial charge is 0.350 e. The molecule has 3 heteroatoms. The van der Waals surface area contributed by atoms with E-state index in [0.717, 1.165) is 32.3 Å². The van der Waals surface area contributed by atoms with Gasteiger partial charge in [-0.15, -0.1) is 0 Å². The Morgan fingerprint density at radius 2 is 2.00 bits per heavy atom. The Labute approximate surface area is 129 Å². The zero-order chi connectivity index (χ0) is 15.3. The molecule has 0 N–H and O–H groups in total. The van der Waals surface area contributed by atoms with Gasteiger partial charge >= 0.3 is 0 Å². The molecule has 2 aliphatic rings. The van der Waals surface area contributed by atoms with Crippen molar-refractivity contribution < 1.29 is 14.3 Å². The third-order valence-electron chi connectivity index (χ3n) is 5.01. The van der Waals surface area contributed by atoms with Crippen molar-refractivity contribution in [2.24, 2.45) is 5.41 Å². The van der Waals surface area contributed by atoms with E-state index in [1.54, 1.807) is 0 Å². The van der Waals surface area contributed by atoms with E-state index in [2.05, 4.69) is 6.08 Å². The third kappa shape index (κ3) is 3.95. The topological polar surface area (TPSA) is 35.5 Å². The Hall–Kier alpha value is -0.670. The zero-order valence-electron chi connectivity index (χ0n) is 13.8. The fourth-order valence-electron chi connectivity index (χ4n) is 3.45. The number of ketones is 1. The van der Waals surface area contributed by atoms with Gasteiger partial charge in [0.1, 0.15) is 5.78 Å². The summed E-state index contributed by atoms with van der Waals surface area (Å²) in [5.41, 5.74) is -0.421. The Balaban J connectivity index is 1.99. The van der Waals surface area contributed by atoms with Crippen molar-refractivity contribution in [3.63, 3.8) is 0 Å². The lowest BCUT2D eigenvalue weighted by atomic mass is 9.78. The van der Waals surface area contributed by atoms with Crippen LogP contribution in [0.5, 0.6) is 0 Å². The highest BCUT2D eigenvalue weighted by Crippen LogP contribution is 2.42. The molecule has 0 amide bonds. The summed E-state index contributed by atoms with van der Waals surface area (Å²) in [6.45, 7) is 6.79. The summed E-state index contributed by atoms with van der Waals surface area (Å²) in [6, 6.07) is 0. The second-order valence-electron chi connectivity index (χ2n) is 6.97. The predicted molar refractivity (Wildman–Crippen MR) is 84.1 cm³/mol. The van der Waals surface area contributed by atoms with E-state index in [1.807, 2.05) is 26.8 Å². The lowest BCUT2D eigenvalue weighted by molar-refractivity contribution is -0.318. The summed E-state index contributed by atoms with van der Waals surface area (Å²) in [5.74, 6) is -0.0966. The molecule has 0 aromatic heterocycles. The number of carbonyl (C=O) groups excluding carboxylic acids is 1. The van der Waals surface area contributed by atoms with Gasteiger partial charge in [-0.25, -0.2) is 0 Å². The third-order valence-corrected chi connectivity index (χ3v) is 5.01. The molecule has 1 aliphatic carbocycles. The van der Waals surface area contributed by atoms with Gasteiger partial charge in [0.05, 0.1) is 12.7 Å². The van der Waals surface area contributed by atoms with Gasteiger partial charge in [0.15, 0.2) is 5.79 Å². The number of allylic oxidation sites excluding steroid dienone is 2. The van der Waals surface area contributed by atoms with E-state index in [0.29, 0.717) is 12.2 Å². The van der Waals surface area contributed by atoms with Crippen LogP contribution in [-0.4, -0.2) is 24.3 Å². The molecule has 2 rings (SSSR count). The average Bonchev–Trinajstić information content (AvgIpc) is 2.48. The maximum atomic E-state index is 12.6. The van der Waals surface area contributed by atoms with Crippen molar-refractivity contribution in [2.45, 2.75) is 84.0 Å². The normalized spacial score (nSPS) is 26.3. The van der Waals surface area contributed by atoms with Crippen LogP contribution in [0.25, 0.3) is 0 Å². The Bertz CT molecular complexity index is 372. The van der Waals surface area contributed by atoms with Gasteiger partial charge in [-0.1, -0.05) is 32.4 Å². The number of rotatable bonds is 5. The van der Waals surface area contributed by atoms with Crippen LogP contribution in [0.4, 0.5) is 0 Å². The van der Waals surface area contributed by atoms with Crippen LogP contribution in [0.1, 0.15) is 72.1 Å². The molecule has 2 fully saturated rings. The van der Waals surface area contributed by atoms with Gasteiger partial charge in [-0.3, -0.25) is 4.79 Å². The first kappa shape index (κ1) is 16.7. The molecule has 1 aliphatic heterocycles. The standard InChI is InChI=1S/C18H30O3/c1-4-5-7-10-15(19)17(2,3)16-11-14-20-18(21-16)12-8-6-9-13-18/h4-5,16H,6-14H2,1-3H3/b5-4+. The minimum Gasteiger partial charge on any atom is -0.350 e. The highest BCUT2D eigenvalue weighted by molar-refractivity contribution is 5.84.